The Hall–Kier alpha value is -0.190. The Morgan fingerprint density at radius 2 is 2.15 bits per heavy atom. The number of halogens is 2. The molecule has 0 aliphatic heterocycles. The third kappa shape index (κ3) is 4.40. The zero-order chi connectivity index (χ0) is 14.4. The molecule has 0 spiro atoms. The van der Waals surface area contributed by atoms with Crippen LogP contribution in [0.5, 0.6) is 0 Å². The quantitative estimate of drug-likeness (QED) is 0.655. The molecule has 1 aliphatic rings. The van der Waals surface area contributed by atoms with Crippen molar-refractivity contribution in [3.8, 4) is 0 Å². The van der Waals surface area contributed by atoms with E-state index in [0.29, 0.717) is 0 Å². The number of nitrogens with one attached hydrogen (secondary N) is 1. The molecule has 4 heteroatoms. The maximum Gasteiger partial charge on any atom is 0.0757 e. The zero-order valence-corrected chi connectivity index (χ0v) is 15.1. The van der Waals surface area contributed by atoms with Gasteiger partial charge in [-0.2, -0.15) is 0 Å². The Bertz CT molecular complexity index is 472. The van der Waals surface area contributed by atoms with Gasteiger partial charge < -0.3 is 5.32 Å². The fraction of sp³-hybridized carbons (Fsp3) is 0.562. The molecule has 2 rings (SSSR count). The molecule has 0 amide bonds. The van der Waals surface area contributed by atoms with Crippen molar-refractivity contribution in [3.63, 3.8) is 0 Å². The lowest BCUT2D eigenvalue weighted by molar-refractivity contribution is 0.554. The van der Waals surface area contributed by atoms with Gasteiger partial charge in [-0.25, -0.2) is 0 Å². The zero-order valence-electron chi connectivity index (χ0n) is 12.0. The van der Waals surface area contributed by atoms with Crippen LogP contribution >= 0.6 is 31.9 Å². The van der Waals surface area contributed by atoms with E-state index in [1.807, 2.05) is 6.20 Å². The summed E-state index contributed by atoms with van der Waals surface area (Å²) in [4.78, 5) is 4.64. The molecule has 1 aromatic heterocycles. The molecule has 0 saturated heterocycles. The Morgan fingerprint density at radius 1 is 1.30 bits per heavy atom. The molecule has 1 heterocycles. The van der Waals surface area contributed by atoms with E-state index in [0.717, 1.165) is 27.6 Å². The number of hydrogen-bond donors (Lipinski definition) is 1. The molecule has 1 N–H and O–H groups in total. The van der Waals surface area contributed by atoms with Crippen LogP contribution in [0, 0.1) is 0 Å². The number of hydrogen-bond acceptors (Lipinski definition) is 2. The van der Waals surface area contributed by atoms with Crippen molar-refractivity contribution in [2.24, 2.45) is 0 Å². The van der Waals surface area contributed by atoms with Gasteiger partial charge in [0.25, 0.3) is 0 Å². The Balaban J connectivity index is 2.28. The van der Waals surface area contributed by atoms with Crippen LogP contribution < -0.4 is 5.32 Å². The molecule has 0 fully saturated rings. The minimum absolute atomic E-state index is 0.246. The number of rotatable bonds is 5. The van der Waals surface area contributed by atoms with Crippen LogP contribution in [0.4, 0.5) is 0 Å². The standard InChI is InChI=1S/C16H22Br2N2/c1-2-9-19-15(12-7-5-3-4-6-8-12)16-14(18)10-13(17)11-20-16/h7,10-11,15,19H,2-6,8-9H2,1H3. The lowest BCUT2D eigenvalue weighted by atomic mass is 9.98. The fourth-order valence-corrected chi connectivity index (χ4v) is 3.85. The molecule has 110 valence electrons. The number of allylic oxidation sites excluding steroid dienone is 1. The predicted octanol–water partition coefficient (Wildman–Crippen LogP) is 5.54. The third-order valence-corrected chi connectivity index (χ3v) is 4.72. The molecule has 0 radical (unpaired) electrons. The summed E-state index contributed by atoms with van der Waals surface area (Å²) >= 11 is 7.15. The molecular weight excluding hydrogens is 380 g/mol. The topological polar surface area (TPSA) is 24.9 Å². The second-order valence-electron chi connectivity index (χ2n) is 5.29. The molecule has 0 aromatic carbocycles. The largest absolute Gasteiger partial charge is 0.305 e. The smallest absolute Gasteiger partial charge is 0.0757 e. The SMILES string of the molecule is CCCNC(C1=CCCCCC1)c1ncc(Br)cc1Br. The average molecular weight is 402 g/mol. The van der Waals surface area contributed by atoms with Crippen molar-refractivity contribution >= 4 is 31.9 Å². The van der Waals surface area contributed by atoms with E-state index in [1.54, 1.807) is 0 Å². The summed E-state index contributed by atoms with van der Waals surface area (Å²) in [6.07, 6.45) is 11.8. The highest BCUT2D eigenvalue weighted by molar-refractivity contribution is 9.11. The van der Waals surface area contributed by atoms with Crippen molar-refractivity contribution in [3.05, 3.63) is 38.6 Å². The first kappa shape index (κ1) is 16.2. The number of pyridine rings is 1. The third-order valence-electron chi connectivity index (χ3n) is 3.66. The summed E-state index contributed by atoms with van der Waals surface area (Å²) < 4.78 is 2.09. The van der Waals surface area contributed by atoms with E-state index in [9.17, 15) is 0 Å². The fourth-order valence-electron chi connectivity index (χ4n) is 2.63. The van der Waals surface area contributed by atoms with Gasteiger partial charge in [-0.15, -0.1) is 0 Å². The maximum atomic E-state index is 4.64. The summed E-state index contributed by atoms with van der Waals surface area (Å²) in [6.45, 7) is 3.22. The summed E-state index contributed by atoms with van der Waals surface area (Å²) in [5, 5.41) is 3.67. The predicted molar refractivity (Wildman–Crippen MR) is 91.8 cm³/mol. The molecule has 0 bridgehead atoms. The maximum absolute atomic E-state index is 4.64. The van der Waals surface area contributed by atoms with Crippen molar-refractivity contribution in [2.75, 3.05) is 6.54 Å². The Morgan fingerprint density at radius 3 is 2.90 bits per heavy atom. The van der Waals surface area contributed by atoms with Crippen LogP contribution in [0.15, 0.2) is 32.9 Å². The van der Waals surface area contributed by atoms with E-state index in [4.69, 9.17) is 0 Å². The van der Waals surface area contributed by atoms with Crippen LogP contribution in [0.1, 0.15) is 57.2 Å². The van der Waals surface area contributed by atoms with E-state index >= 15 is 0 Å². The molecule has 0 saturated carbocycles. The molecular formula is C16H22Br2N2. The van der Waals surface area contributed by atoms with E-state index < -0.39 is 0 Å². The molecule has 1 aromatic rings. The van der Waals surface area contributed by atoms with Gasteiger partial charge in [-0.3, -0.25) is 4.98 Å². The summed E-state index contributed by atoms with van der Waals surface area (Å²) in [5.74, 6) is 0. The van der Waals surface area contributed by atoms with Crippen molar-refractivity contribution < 1.29 is 0 Å². The van der Waals surface area contributed by atoms with Crippen LogP contribution in [0.3, 0.4) is 0 Å². The van der Waals surface area contributed by atoms with Crippen molar-refractivity contribution in [1.82, 2.24) is 10.3 Å². The Labute approximate surface area is 138 Å². The van der Waals surface area contributed by atoms with Gasteiger partial charge in [0.2, 0.25) is 0 Å². The first-order valence-electron chi connectivity index (χ1n) is 7.45. The van der Waals surface area contributed by atoms with Gasteiger partial charge in [0.1, 0.15) is 0 Å². The van der Waals surface area contributed by atoms with Crippen LogP contribution in [-0.4, -0.2) is 11.5 Å². The van der Waals surface area contributed by atoms with E-state index in [1.165, 1.54) is 37.7 Å². The van der Waals surface area contributed by atoms with Gasteiger partial charge in [0.05, 0.1) is 11.7 Å². The number of aromatic nitrogens is 1. The lowest BCUT2D eigenvalue weighted by Crippen LogP contribution is -2.25. The van der Waals surface area contributed by atoms with Gasteiger partial charge in [0, 0.05) is 15.1 Å². The number of nitrogens with zero attached hydrogens (tertiary/aromatic N) is 1. The van der Waals surface area contributed by atoms with Gasteiger partial charge >= 0.3 is 0 Å². The van der Waals surface area contributed by atoms with Crippen molar-refractivity contribution in [2.45, 2.75) is 51.5 Å². The highest BCUT2D eigenvalue weighted by atomic mass is 79.9. The molecule has 1 atom stereocenters. The molecule has 20 heavy (non-hydrogen) atoms. The minimum atomic E-state index is 0.246. The van der Waals surface area contributed by atoms with Gasteiger partial charge in [0.15, 0.2) is 0 Å². The highest BCUT2D eigenvalue weighted by Gasteiger charge is 2.20. The molecule has 1 aliphatic carbocycles. The van der Waals surface area contributed by atoms with Gasteiger partial charge in [-0.05, 0) is 76.6 Å². The van der Waals surface area contributed by atoms with E-state index in [2.05, 4.69) is 61.2 Å². The molecule has 2 nitrogen and oxygen atoms in total. The minimum Gasteiger partial charge on any atom is -0.305 e. The van der Waals surface area contributed by atoms with Crippen LogP contribution in [0.2, 0.25) is 0 Å². The van der Waals surface area contributed by atoms with Gasteiger partial charge in [-0.1, -0.05) is 25.0 Å². The van der Waals surface area contributed by atoms with Crippen molar-refractivity contribution in [1.29, 1.82) is 0 Å². The highest BCUT2D eigenvalue weighted by Crippen LogP contribution is 2.33. The second-order valence-corrected chi connectivity index (χ2v) is 7.06. The lowest BCUT2D eigenvalue weighted by Gasteiger charge is -2.22. The van der Waals surface area contributed by atoms with Crippen LogP contribution in [0.25, 0.3) is 0 Å². The monoisotopic (exact) mass is 400 g/mol. The van der Waals surface area contributed by atoms with Crippen LogP contribution in [-0.2, 0) is 0 Å². The average Bonchev–Trinajstić information content (AvgIpc) is 2.70. The second kappa shape index (κ2) is 8.30. The summed E-state index contributed by atoms with van der Waals surface area (Å²) in [6, 6.07) is 2.33. The molecule has 1 unspecified atom stereocenters. The first-order valence-corrected chi connectivity index (χ1v) is 9.04. The van der Waals surface area contributed by atoms with E-state index in [-0.39, 0.29) is 6.04 Å². The first-order chi connectivity index (χ1) is 9.72. The normalized spacial score (nSPS) is 17.4. The Kier molecular flexibility index (Phi) is 6.72. The summed E-state index contributed by atoms with van der Waals surface area (Å²) in [5.41, 5.74) is 2.61. The summed E-state index contributed by atoms with van der Waals surface area (Å²) in [7, 11) is 0.